The summed E-state index contributed by atoms with van der Waals surface area (Å²) in [4.78, 5) is 26.2. The van der Waals surface area contributed by atoms with Crippen molar-refractivity contribution < 1.29 is 31.5 Å². The van der Waals surface area contributed by atoms with Crippen molar-refractivity contribution in [3.63, 3.8) is 0 Å². The van der Waals surface area contributed by atoms with Gasteiger partial charge in [-0.25, -0.2) is 8.78 Å². The Bertz CT molecular complexity index is 1630. The van der Waals surface area contributed by atoms with Crippen LogP contribution in [0.15, 0.2) is 42.5 Å². The molecular weight excluding hydrogens is 497 g/mol. The van der Waals surface area contributed by atoms with Crippen molar-refractivity contribution >= 4 is 34.2 Å². The van der Waals surface area contributed by atoms with Gasteiger partial charge in [-0.1, -0.05) is 6.07 Å². The van der Waals surface area contributed by atoms with E-state index in [0.717, 1.165) is 0 Å². The number of hydrogen-bond acceptors (Lipinski definition) is 4. The predicted octanol–water partition coefficient (Wildman–Crippen LogP) is 4.85. The number of anilines is 2. The number of nitrogens with one attached hydrogen (secondary N) is 2. The van der Waals surface area contributed by atoms with Crippen LogP contribution in [0.25, 0.3) is 10.9 Å². The third-order valence-corrected chi connectivity index (χ3v) is 6.29. The summed E-state index contributed by atoms with van der Waals surface area (Å²) < 4.78 is 69.0. The number of nitrogen functional groups attached to an aromatic ring is 1. The summed E-state index contributed by atoms with van der Waals surface area (Å²) in [6, 6.07) is 5.99. The van der Waals surface area contributed by atoms with E-state index in [1.54, 1.807) is 14.0 Å². The maximum atomic E-state index is 14.1. The number of hydrogen-bond donors (Lipinski definition) is 3. The minimum absolute atomic E-state index is 0.0250. The van der Waals surface area contributed by atoms with Crippen LogP contribution in [0.2, 0.25) is 0 Å². The normalized spacial score (nSPS) is 15.1. The van der Waals surface area contributed by atoms with E-state index in [0.29, 0.717) is 28.6 Å². The van der Waals surface area contributed by atoms with Crippen LogP contribution in [-0.4, -0.2) is 21.6 Å². The van der Waals surface area contributed by atoms with Crippen LogP contribution in [0.5, 0.6) is 0 Å². The molecule has 0 spiro atoms. The number of aromatic nitrogens is 2. The van der Waals surface area contributed by atoms with Gasteiger partial charge in [-0.05, 0) is 54.4 Å². The molecule has 1 aliphatic heterocycles. The van der Waals surface area contributed by atoms with Crippen LogP contribution >= 0.6 is 0 Å². The van der Waals surface area contributed by atoms with E-state index in [1.165, 1.54) is 28.9 Å². The van der Waals surface area contributed by atoms with E-state index in [2.05, 4.69) is 15.7 Å². The molecule has 1 atom stereocenters. The Morgan fingerprint density at radius 3 is 2.54 bits per heavy atom. The van der Waals surface area contributed by atoms with Crippen LogP contribution < -0.4 is 16.4 Å². The summed E-state index contributed by atoms with van der Waals surface area (Å²) >= 11 is 0. The first-order valence-electron chi connectivity index (χ1n) is 10.9. The standard InChI is InChI=1S/C25H18F5N5O2/c1-10-3-4-13(26)8-15(10)20-18-17(9-16-21(19(18)24(37)33-20)34-35(2)22(16)31)32-23(36)11-5-12(25(28,29)30)7-14(27)6-11/h3-9,20H,31H2,1-2H3,(H,32,36)(H,33,37). The molecule has 4 aromatic rings. The van der Waals surface area contributed by atoms with Crippen molar-refractivity contribution in [2.24, 2.45) is 7.05 Å². The van der Waals surface area contributed by atoms with E-state index in [1.807, 2.05) is 0 Å². The van der Waals surface area contributed by atoms with Crippen LogP contribution in [0.3, 0.4) is 0 Å². The zero-order valence-electron chi connectivity index (χ0n) is 19.3. The average molecular weight is 515 g/mol. The first kappa shape index (κ1) is 24.2. The summed E-state index contributed by atoms with van der Waals surface area (Å²) in [6.07, 6.45) is -4.88. The third-order valence-electron chi connectivity index (χ3n) is 6.29. The van der Waals surface area contributed by atoms with E-state index >= 15 is 0 Å². The number of aryl methyl sites for hydroxylation is 2. The van der Waals surface area contributed by atoms with E-state index in [-0.39, 0.29) is 34.2 Å². The fourth-order valence-corrected chi connectivity index (χ4v) is 4.51. The predicted molar refractivity (Wildman–Crippen MR) is 125 cm³/mol. The molecule has 1 aliphatic rings. The minimum atomic E-state index is -4.88. The maximum absolute atomic E-state index is 14.1. The highest BCUT2D eigenvalue weighted by Crippen LogP contribution is 2.43. The minimum Gasteiger partial charge on any atom is -0.383 e. The van der Waals surface area contributed by atoms with E-state index in [9.17, 15) is 31.5 Å². The second kappa shape index (κ2) is 8.29. The van der Waals surface area contributed by atoms with Gasteiger partial charge in [0.15, 0.2) is 0 Å². The molecule has 0 aliphatic carbocycles. The molecule has 190 valence electrons. The lowest BCUT2D eigenvalue weighted by Gasteiger charge is -2.19. The third kappa shape index (κ3) is 4.03. The Kier molecular flexibility index (Phi) is 5.43. The van der Waals surface area contributed by atoms with Crippen molar-refractivity contribution in [1.29, 1.82) is 0 Å². The quantitative estimate of drug-likeness (QED) is 0.340. The Hall–Kier alpha value is -4.48. The lowest BCUT2D eigenvalue weighted by Crippen LogP contribution is -2.21. The van der Waals surface area contributed by atoms with E-state index in [4.69, 9.17) is 5.73 Å². The van der Waals surface area contributed by atoms with Gasteiger partial charge in [0.2, 0.25) is 0 Å². The van der Waals surface area contributed by atoms with Gasteiger partial charge in [-0.2, -0.15) is 18.3 Å². The Labute approximate surface area is 206 Å². The number of alkyl halides is 3. The fourth-order valence-electron chi connectivity index (χ4n) is 4.51. The molecule has 4 N–H and O–H groups in total. The summed E-state index contributed by atoms with van der Waals surface area (Å²) in [7, 11) is 1.55. The first-order chi connectivity index (χ1) is 17.3. The summed E-state index contributed by atoms with van der Waals surface area (Å²) in [5, 5.41) is 9.86. The Morgan fingerprint density at radius 1 is 1.11 bits per heavy atom. The smallest absolute Gasteiger partial charge is 0.383 e. The number of rotatable bonds is 3. The highest BCUT2D eigenvalue weighted by Gasteiger charge is 2.37. The van der Waals surface area contributed by atoms with Gasteiger partial charge >= 0.3 is 6.18 Å². The second-order valence-electron chi connectivity index (χ2n) is 8.71. The van der Waals surface area contributed by atoms with Crippen LogP contribution in [-0.2, 0) is 13.2 Å². The number of benzene rings is 3. The van der Waals surface area contributed by atoms with Gasteiger partial charge < -0.3 is 16.4 Å². The molecular formula is C25H18F5N5O2. The second-order valence-corrected chi connectivity index (χ2v) is 8.71. The molecule has 2 heterocycles. The molecule has 0 bridgehead atoms. The van der Waals surface area contributed by atoms with Gasteiger partial charge in [-0.3, -0.25) is 14.3 Å². The van der Waals surface area contributed by atoms with Crippen LogP contribution in [0.4, 0.5) is 33.5 Å². The van der Waals surface area contributed by atoms with Crippen molar-refractivity contribution in [3.05, 3.63) is 87.5 Å². The largest absolute Gasteiger partial charge is 0.416 e. The fraction of sp³-hybridized carbons (Fsp3) is 0.160. The lowest BCUT2D eigenvalue weighted by molar-refractivity contribution is -0.137. The summed E-state index contributed by atoms with van der Waals surface area (Å²) in [6.45, 7) is 1.71. The molecule has 5 rings (SSSR count). The number of nitrogens with zero attached hydrogens (tertiary/aromatic N) is 2. The van der Waals surface area contributed by atoms with Gasteiger partial charge in [0, 0.05) is 29.2 Å². The molecule has 1 unspecified atom stereocenters. The van der Waals surface area contributed by atoms with Gasteiger partial charge in [0.05, 0.1) is 17.2 Å². The molecule has 12 heteroatoms. The van der Waals surface area contributed by atoms with Gasteiger partial charge in [0.1, 0.15) is 23.0 Å². The van der Waals surface area contributed by atoms with Crippen molar-refractivity contribution in [2.45, 2.75) is 19.1 Å². The molecule has 1 aromatic heterocycles. The summed E-state index contributed by atoms with van der Waals surface area (Å²) in [5.74, 6) is -3.26. The first-order valence-corrected chi connectivity index (χ1v) is 10.9. The molecule has 2 amide bonds. The summed E-state index contributed by atoms with van der Waals surface area (Å²) in [5.41, 5.74) is 5.77. The highest BCUT2D eigenvalue weighted by atomic mass is 19.4. The van der Waals surface area contributed by atoms with Crippen molar-refractivity contribution in [3.8, 4) is 0 Å². The number of fused-ring (bicyclic) bond motifs is 3. The average Bonchev–Trinajstić information content (AvgIpc) is 3.31. The molecule has 0 radical (unpaired) electrons. The number of halogens is 5. The number of carbonyl (C=O) groups is 2. The number of nitrogens with two attached hydrogens (primary N) is 1. The SMILES string of the molecule is Cc1ccc(F)cc1C1NC(=O)c2c1c(NC(=O)c1cc(F)cc(C(F)(F)F)c1)cc1c(N)n(C)nc21. The molecule has 0 fully saturated rings. The zero-order chi connectivity index (χ0) is 26.8. The molecule has 37 heavy (non-hydrogen) atoms. The molecule has 7 nitrogen and oxygen atoms in total. The van der Waals surface area contributed by atoms with Crippen LogP contribution in [0.1, 0.15) is 49.0 Å². The topological polar surface area (TPSA) is 102 Å². The molecule has 3 aromatic carbocycles. The Balaban J connectivity index is 1.70. The molecule has 0 saturated heterocycles. The zero-order valence-corrected chi connectivity index (χ0v) is 19.3. The highest BCUT2D eigenvalue weighted by molar-refractivity contribution is 6.16. The monoisotopic (exact) mass is 515 g/mol. The van der Waals surface area contributed by atoms with Crippen molar-refractivity contribution in [2.75, 3.05) is 11.1 Å². The number of carbonyl (C=O) groups excluding carboxylic acids is 2. The molecule has 0 saturated carbocycles. The maximum Gasteiger partial charge on any atom is 0.416 e. The Morgan fingerprint density at radius 2 is 1.84 bits per heavy atom. The van der Waals surface area contributed by atoms with Gasteiger partial charge in [-0.15, -0.1) is 0 Å². The van der Waals surface area contributed by atoms with Crippen molar-refractivity contribution in [1.82, 2.24) is 15.1 Å². The van der Waals surface area contributed by atoms with E-state index < -0.39 is 46.8 Å². The van der Waals surface area contributed by atoms with Crippen LogP contribution in [0, 0.1) is 18.6 Å². The number of amides is 2. The van der Waals surface area contributed by atoms with Gasteiger partial charge in [0.25, 0.3) is 11.8 Å². The lowest BCUT2D eigenvalue weighted by atomic mass is 9.92.